The molecule has 0 bridgehead atoms. The number of aromatic nitrogens is 1. The second-order valence-corrected chi connectivity index (χ2v) is 9.97. The molecule has 0 amide bonds. The van der Waals surface area contributed by atoms with Crippen LogP contribution in [0.2, 0.25) is 0 Å². The largest absolute Gasteiger partial charge is 0.248 e. The maximum absolute atomic E-state index is 5.14. The van der Waals surface area contributed by atoms with E-state index in [1.807, 2.05) is 0 Å². The SMILES string of the molecule is c1cc(-c2ccc3c(c2)-c2ccccc2C3)nc(-c2ccc3c4ccccc4c4ccccc4c3c2)c1. The Morgan fingerprint density at radius 2 is 0.919 bits per heavy atom. The Hall–Kier alpha value is -4.75. The molecule has 0 N–H and O–H groups in total. The van der Waals surface area contributed by atoms with E-state index in [4.69, 9.17) is 4.98 Å². The molecule has 1 aliphatic rings. The summed E-state index contributed by atoms with van der Waals surface area (Å²) in [5, 5.41) is 7.73. The summed E-state index contributed by atoms with van der Waals surface area (Å²) < 4.78 is 0. The molecule has 8 rings (SSSR count). The number of hydrogen-bond donors (Lipinski definition) is 0. The number of pyridine rings is 1. The highest BCUT2D eigenvalue weighted by Gasteiger charge is 2.18. The molecular weight excluding hydrogens is 446 g/mol. The number of nitrogens with zero attached hydrogens (tertiary/aromatic N) is 1. The molecule has 1 aliphatic carbocycles. The predicted octanol–water partition coefficient (Wildman–Crippen LogP) is 9.45. The first-order chi connectivity index (χ1) is 18.3. The van der Waals surface area contributed by atoms with Crippen LogP contribution in [0.1, 0.15) is 11.1 Å². The van der Waals surface area contributed by atoms with Crippen LogP contribution in [0, 0.1) is 0 Å². The molecule has 1 heterocycles. The van der Waals surface area contributed by atoms with Crippen LogP contribution in [0.25, 0.3) is 66.0 Å². The normalized spacial score (nSPS) is 12.2. The summed E-state index contributed by atoms with van der Waals surface area (Å²) in [6.45, 7) is 0. The van der Waals surface area contributed by atoms with E-state index in [0.29, 0.717) is 0 Å². The summed E-state index contributed by atoms with van der Waals surface area (Å²) in [6.07, 6.45) is 1.01. The van der Waals surface area contributed by atoms with Crippen molar-refractivity contribution in [3.8, 4) is 33.6 Å². The summed E-state index contributed by atoms with van der Waals surface area (Å²) in [5.74, 6) is 0. The van der Waals surface area contributed by atoms with Crippen LogP contribution in [-0.2, 0) is 6.42 Å². The zero-order valence-electron chi connectivity index (χ0n) is 20.3. The maximum Gasteiger partial charge on any atom is 0.0709 e. The highest BCUT2D eigenvalue weighted by atomic mass is 14.7. The van der Waals surface area contributed by atoms with Crippen LogP contribution < -0.4 is 0 Å². The first-order valence-corrected chi connectivity index (χ1v) is 12.9. The summed E-state index contributed by atoms with van der Waals surface area (Å²) >= 11 is 0. The van der Waals surface area contributed by atoms with Crippen LogP contribution >= 0.6 is 0 Å². The van der Waals surface area contributed by atoms with Gasteiger partial charge in [-0.15, -0.1) is 0 Å². The third-order valence-corrected chi connectivity index (χ3v) is 7.88. The average molecular weight is 470 g/mol. The van der Waals surface area contributed by atoms with Gasteiger partial charge < -0.3 is 0 Å². The smallest absolute Gasteiger partial charge is 0.0709 e. The molecule has 1 heteroatoms. The van der Waals surface area contributed by atoms with Gasteiger partial charge in [0.05, 0.1) is 11.4 Å². The van der Waals surface area contributed by atoms with Crippen LogP contribution in [0.3, 0.4) is 0 Å². The second-order valence-electron chi connectivity index (χ2n) is 9.97. The van der Waals surface area contributed by atoms with Crippen molar-refractivity contribution in [2.75, 3.05) is 0 Å². The zero-order valence-corrected chi connectivity index (χ0v) is 20.3. The fraction of sp³-hybridized carbons (Fsp3) is 0.0278. The molecule has 0 unspecified atom stereocenters. The van der Waals surface area contributed by atoms with Gasteiger partial charge in [-0.05, 0) is 85.3 Å². The van der Waals surface area contributed by atoms with E-state index in [9.17, 15) is 0 Å². The molecule has 37 heavy (non-hydrogen) atoms. The molecule has 0 atom stereocenters. The van der Waals surface area contributed by atoms with E-state index in [2.05, 4.69) is 127 Å². The standard InChI is InChI=1S/C36H23N/c1-2-9-27-23(8-1)20-24-16-17-25(21-33(24)27)35-14-7-15-36(37-35)26-18-19-32-30-12-4-3-10-28(30)29-11-5-6-13-31(29)34(32)22-26/h1-19,21-22H,20H2. The van der Waals surface area contributed by atoms with E-state index >= 15 is 0 Å². The van der Waals surface area contributed by atoms with Crippen molar-refractivity contribution in [1.29, 1.82) is 0 Å². The van der Waals surface area contributed by atoms with Gasteiger partial charge in [-0.25, -0.2) is 4.98 Å². The Kier molecular flexibility index (Phi) is 4.35. The molecule has 172 valence electrons. The van der Waals surface area contributed by atoms with Gasteiger partial charge in [-0.3, -0.25) is 0 Å². The minimum absolute atomic E-state index is 0.998. The van der Waals surface area contributed by atoms with Crippen LogP contribution in [0.5, 0.6) is 0 Å². The van der Waals surface area contributed by atoms with Crippen molar-refractivity contribution in [3.05, 3.63) is 139 Å². The molecule has 0 radical (unpaired) electrons. The molecule has 7 aromatic rings. The van der Waals surface area contributed by atoms with E-state index < -0.39 is 0 Å². The van der Waals surface area contributed by atoms with E-state index in [0.717, 1.165) is 28.9 Å². The highest BCUT2D eigenvalue weighted by molar-refractivity contribution is 6.25. The van der Waals surface area contributed by atoms with Crippen LogP contribution in [0.15, 0.2) is 127 Å². The third-order valence-electron chi connectivity index (χ3n) is 7.88. The van der Waals surface area contributed by atoms with Crippen LogP contribution in [-0.4, -0.2) is 4.98 Å². The molecule has 6 aromatic carbocycles. The number of rotatable bonds is 2. The van der Waals surface area contributed by atoms with Crippen molar-refractivity contribution in [2.24, 2.45) is 0 Å². The fourth-order valence-electron chi connectivity index (χ4n) is 6.11. The van der Waals surface area contributed by atoms with Crippen LogP contribution in [0.4, 0.5) is 0 Å². The monoisotopic (exact) mass is 469 g/mol. The first-order valence-electron chi connectivity index (χ1n) is 12.9. The number of benzene rings is 6. The summed E-state index contributed by atoms with van der Waals surface area (Å²) in [4.78, 5) is 5.14. The Balaban J connectivity index is 1.28. The van der Waals surface area contributed by atoms with Gasteiger partial charge in [-0.2, -0.15) is 0 Å². The number of hydrogen-bond acceptors (Lipinski definition) is 1. The molecule has 0 saturated heterocycles. The second kappa shape index (κ2) is 7.88. The lowest BCUT2D eigenvalue weighted by Gasteiger charge is -2.12. The molecule has 1 nitrogen and oxygen atoms in total. The Labute approximate surface area is 215 Å². The molecule has 0 aliphatic heterocycles. The molecule has 0 saturated carbocycles. The number of fused-ring (bicyclic) bond motifs is 9. The van der Waals surface area contributed by atoms with Gasteiger partial charge in [0.1, 0.15) is 0 Å². The summed E-state index contributed by atoms with van der Waals surface area (Å²) in [5.41, 5.74) is 9.80. The Bertz CT molecular complexity index is 1980. The minimum Gasteiger partial charge on any atom is -0.248 e. The lowest BCUT2D eigenvalue weighted by Crippen LogP contribution is -1.90. The van der Waals surface area contributed by atoms with E-state index in [1.165, 1.54) is 54.6 Å². The van der Waals surface area contributed by atoms with Gasteiger partial charge in [0.2, 0.25) is 0 Å². The topological polar surface area (TPSA) is 12.9 Å². The van der Waals surface area contributed by atoms with Crippen molar-refractivity contribution < 1.29 is 0 Å². The Morgan fingerprint density at radius 1 is 0.378 bits per heavy atom. The lowest BCUT2D eigenvalue weighted by atomic mass is 9.93. The molecule has 1 aromatic heterocycles. The van der Waals surface area contributed by atoms with Gasteiger partial charge in [0, 0.05) is 11.1 Å². The molecule has 0 fully saturated rings. The van der Waals surface area contributed by atoms with Crippen molar-refractivity contribution >= 4 is 32.3 Å². The summed E-state index contributed by atoms with van der Waals surface area (Å²) in [6, 6.07) is 46.1. The van der Waals surface area contributed by atoms with Gasteiger partial charge >= 0.3 is 0 Å². The Morgan fingerprint density at radius 3 is 1.65 bits per heavy atom. The highest BCUT2D eigenvalue weighted by Crippen LogP contribution is 2.39. The lowest BCUT2D eigenvalue weighted by molar-refractivity contribution is 1.26. The third kappa shape index (κ3) is 3.14. The fourth-order valence-corrected chi connectivity index (χ4v) is 6.11. The van der Waals surface area contributed by atoms with Crippen molar-refractivity contribution in [3.63, 3.8) is 0 Å². The average Bonchev–Trinajstić information content (AvgIpc) is 3.35. The van der Waals surface area contributed by atoms with Gasteiger partial charge in [0.25, 0.3) is 0 Å². The first kappa shape index (κ1) is 20.4. The molecule has 0 spiro atoms. The maximum atomic E-state index is 5.14. The quantitative estimate of drug-likeness (QED) is 0.230. The van der Waals surface area contributed by atoms with Crippen molar-refractivity contribution in [1.82, 2.24) is 4.98 Å². The van der Waals surface area contributed by atoms with Gasteiger partial charge in [0.15, 0.2) is 0 Å². The molecular formula is C36H23N. The zero-order chi connectivity index (χ0) is 24.3. The minimum atomic E-state index is 0.998. The predicted molar refractivity (Wildman–Crippen MR) is 156 cm³/mol. The van der Waals surface area contributed by atoms with Gasteiger partial charge in [-0.1, -0.05) is 103 Å². The summed E-state index contributed by atoms with van der Waals surface area (Å²) in [7, 11) is 0. The van der Waals surface area contributed by atoms with Crippen molar-refractivity contribution in [2.45, 2.75) is 6.42 Å². The van der Waals surface area contributed by atoms with E-state index in [-0.39, 0.29) is 0 Å². The van der Waals surface area contributed by atoms with E-state index in [1.54, 1.807) is 0 Å².